The van der Waals surface area contributed by atoms with Gasteiger partial charge >= 0.3 is 6.03 Å². The van der Waals surface area contributed by atoms with Gasteiger partial charge in [0.15, 0.2) is 11.5 Å². The number of ether oxygens (including phenoxy) is 2. The van der Waals surface area contributed by atoms with Gasteiger partial charge in [-0.2, -0.15) is 0 Å². The number of urea groups is 1. The van der Waals surface area contributed by atoms with Crippen LogP contribution in [0.2, 0.25) is 10.0 Å². The number of nitrogens with zero attached hydrogens (tertiary/aromatic N) is 1. The Morgan fingerprint density at radius 2 is 1.70 bits per heavy atom. The lowest BCUT2D eigenvalue weighted by Gasteiger charge is -2.27. The average molecular weight is 539 g/mol. The van der Waals surface area contributed by atoms with Crippen molar-refractivity contribution < 1.29 is 23.9 Å². The minimum absolute atomic E-state index is 0.234. The van der Waals surface area contributed by atoms with E-state index in [4.69, 9.17) is 32.7 Å². The number of carbonyl (C=O) groups excluding carboxylic acids is 3. The normalized spacial score (nSPS) is 14.7. The Morgan fingerprint density at radius 3 is 2.41 bits per heavy atom. The van der Waals surface area contributed by atoms with Gasteiger partial charge in [-0.1, -0.05) is 47.5 Å². The number of imide groups is 2. The zero-order chi connectivity index (χ0) is 26.9. The third kappa shape index (κ3) is 5.33. The summed E-state index contributed by atoms with van der Waals surface area (Å²) in [6.07, 6.45) is 1.35. The number of aryl methyl sites for hydroxylation is 2. The maximum atomic E-state index is 13.3. The van der Waals surface area contributed by atoms with E-state index in [0.29, 0.717) is 27.6 Å². The van der Waals surface area contributed by atoms with Crippen LogP contribution >= 0.6 is 23.2 Å². The molecular weight excluding hydrogens is 515 g/mol. The predicted molar refractivity (Wildman–Crippen MR) is 143 cm³/mol. The van der Waals surface area contributed by atoms with E-state index in [-0.39, 0.29) is 22.9 Å². The van der Waals surface area contributed by atoms with Crippen LogP contribution in [-0.2, 0) is 16.2 Å². The number of benzene rings is 3. The number of methoxy groups -OCH3 is 1. The lowest BCUT2D eigenvalue weighted by atomic mass is 10.1. The van der Waals surface area contributed by atoms with E-state index in [2.05, 4.69) is 5.32 Å². The van der Waals surface area contributed by atoms with Gasteiger partial charge in [0.05, 0.1) is 17.8 Å². The fourth-order valence-corrected chi connectivity index (χ4v) is 4.34. The molecule has 0 spiro atoms. The van der Waals surface area contributed by atoms with Gasteiger partial charge in [0.25, 0.3) is 11.8 Å². The average Bonchev–Trinajstić information content (AvgIpc) is 2.85. The number of hydrogen-bond donors (Lipinski definition) is 1. The Kier molecular flexibility index (Phi) is 7.57. The molecule has 3 aromatic rings. The van der Waals surface area contributed by atoms with Gasteiger partial charge in [0, 0.05) is 5.02 Å². The summed E-state index contributed by atoms with van der Waals surface area (Å²) in [5, 5.41) is 2.82. The van der Waals surface area contributed by atoms with E-state index >= 15 is 0 Å². The molecule has 190 valence electrons. The number of barbiturate groups is 1. The molecular formula is C28H24Cl2N2O5. The van der Waals surface area contributed by atoms with Crippen LogP contribution in [0.4, 0.5) is 10.5 Å². The molecule has 1 N–H and O–H groups in total. The molecule has 37 heavy (non-hydrogen) atoms. The van der Waals surface area contributed by atoms with Crippen LogP contribution in [0.5, 0.6) is 11.5 Å². The van der Waals surface area contributed by atoms with Crippen LogP contribution < -0.4 is 19.7 Å². The highest BCUT2D eigenvalue weighted by molar-refractivity contribution is 6.40. The number of rotatable bonds is 6. The molecule has 1 heterocycles. The van der Waals surface area contributed by atoms with Crippen molar-refractivity contribution in [2.75, 3.05) is 12.0 Å². The molecule has 0 aromatic heterocycles. The maximum absolute atomic E-state index is 13.3. The van der Waals surface area contributed by atoms with Crippen molar-refractivity contribution in [2.24, 2.45) is 0 Å². The van der Waals surface area contributed by atoms with Gasteiger partial charge in [-0.3, -0.25) is 14.9 Å². The van der Waals surface area contributed by atoms with Crippen molar-refractivity contribution in [3.63, 3.8) is 0 Å². The SMILES string of the molecule is COc1cc(/C=C2\C(=O)NC(=O)N(c3cccc(Cl)c3C)C2=O)cc(Cl)c1OCc1ccc(C)c(C)c1. The van der Waals surface area contributed by atoms with E-state index in [0.717, 1.165) is 16.0 Å². The summed E-state index contributed by atoms with van der Waals surface area (Å²) >= 11 is 12.7. The topological polar surface area (TPSA) is 84.9 Å². The Balaban J connectivity index is 1.65. The van der Waals surface area contributed by atoms with Gasteiger partial charge in [-0.05, 0) is 78.9 Å². The first-order valence-corrected chi connectivity index (χ1v) is 12.1. The van der Waals surface area contributed by atoms with Crippen molar-refractivity contribution in [2.45, 2.75) is 27.4 Å². The number of hydrogen-bond acceptors (Lipinski definition) is 5. The zero-order valence-corrected chi connectivity index (χ0v) is 22.2. The number of nitrogens with one attached hydrogen (secondary N) is 1. The van der Waals surface area contributed by atoms with E-state index in [1.807, 2.05) is 32.0 Å². The second-order valence-corrected chi connectivity index (χ2v) is 9.40. The highest BCUT2D eigenvalue weighted by Gasteiger charge is 2.37. The first-order valence-electron chi connectivity index (χ1n) is 11.3. The number of amides is 4. The van der Waals surface area contributed by atoms with Crippen LogP contribution in [0.15, 0.2) is 54.1 Å². The third-order valence-corrected chi connectivity index (χ3v) is 6.79. The summed E-state index contributed by atoms with van der Waals surface area (Å²) in [5.41, 5.74) is 4.27. The van der Waals surface area contributed by atoms with Crippen molar-refractivity contribution >= 4 is 52.8 Å². The van der Waals surface area contributed by atoms with E-state index in [1.54, 1.807) is 37.3 Å². The monoisotopic (exact) mass is 538 g/mol. The molecule has 4 rings (SSSR count). The smallest absolute Gasteiger partial charge is 0.335 e. The molecule has 9 heteroatoms. The molecule has 1 aliphatic rings. The van der Waals surface area contributed by atoms with Crippen molar-refractivity contribution in [3.8, 4) is 11.5 Å². The first kappa shape index (κ1) is 26.3. The third-order valence-electron chi connectivity index (χ3n) is 6.10. The van der Waals surface area contributed by atoms with Gasteiger partial charge in [0.2, 0.25) is 0 Å². The van der Waals surface area contributed by atoms with E-state index in [1.165, 1.54) is 18.7 Å². The Hall–Kier alpha value is -3.81. The number of carbonyl (C=O) groups is 3. The van der Waals surface area contributed by atoms with Crippen molar-refractivity contribution in [1.29, 1.82) is 0 Å². The summed E-state index contributed by atoms with van der Waals surface area (Å²) in [6, 6.07) is 13.2. The molecule has 0 saturated carbocycles. The van der Waals surface area contributed by atoms with Crippen LogP contribution in [0, 0.1) is 20.8 Å². The fourth-order valence-electron chi connectivity index (χ4n) is 3.89. The summed E-state index contributed by atoms with van der Waals surface area (Å²) in [4.78, 5) is 39.3. The molecule has 0 bridgehead atoms. The highest BCUT2D eigenvalue weighted by atomic mass is 35.5. The minimum atomic E-state index is -0.858. The summed E-state index contributed by atoms with van der Waals surface area (Å²) < 4.78 is 11.4. The summed E-state index contributed by atoms with van der Waals surface area (Å²) in [7, 11) is 1.46. The Bertz CT molecular complexity index is 1470. The quantitative estimate of drug-likeness (QED) is 0.299. The first-order chi connectivity index (χ1) is 17.6. The maximum Gasteiger partial charge on any atom is 0.335 e. The molecule has 1 aliphatic heterocycles. The zero-order valence-electron chi connectivity index (χ0n) is 20.6. The lowest BCUT2D eigenvalue weighted by Crippen LogP contribution is -2.54. The highest BCUT2D eigenvalue weighted by Crippen LogP contribution is 2.38. The molecule has 1 saturated heterocycles. The van der Waals surface area contributed by atoms with Gasteiger partial charge in [-0.25, -0.2) is 9.69 Å². The van der Waals surface area contributed by atoms with Crippen LogP contribution in [-0.4, -0.2) is 25.0 Å². The number of halogens is 2. The van der Waals surface area contributed by atoms with Crippen LogP contribution in [0.25, 0.3) is 6.08 Å². The Labute approximate surface area is 224 Å². The van der Waals surface area contributed by atoms with Gasteiger partial charge in [0.1, 0.15) is 12.2 Å². The van der Waals surface area contributed by atoms with E-state index < -0.39 is 17.8 Å². The second kappa shape index (κ2) is 10.7. The van der Waals surface area contributed by atoms with Crippen molar-refractivity contribution in [1.82, 2.24) is 5.32 Å². The van der Waals surface area contributed by atoms with Gasteiger partial charge in [-0.15, -0.1) is 0 Å². The number of anilines is 1. The van der Waals surface area contributed by atoms with Crippen molar-refractivity contribution in [3.05, 3.63) is 92.0 Å². The summed E-state index contributed by atoms with van der Waals surface area (Å²) in [5.74, 6) is -0.957. The molecule has 1 fully saturated rings. The largest absolute Gasteiger partial charge is 0.493 e. The molecule has 3 aromatic carbocycles. The standard InChI is InChI=1S/C28H24Cl2N2O5/c1-15-8-9-18(10-16(15)2)14-37-25-22(30)12-19(13-24(25)36-4)11-20-26(33)31-28(35)32(27(20)34)23-7-5-6-21(29)17(23)3/h5-13H,14H2,1-4H3,(H,31,33,35)/b20-11+. The van der Waals surface area contributed by atoms with Crippen LogP contribution in [0.3, 0.4) is 0 Å². The predicted octanol–water partition coefficient (Wildman–Crippen LogP) is 6.17. The van der Waals surface area contributed by atoms with E-state index in [9.17, 15) is 14.4 Å². The molecule has 0 atom stereocenters. The fraction of sp³-hybridized carbons (Fsp3) is 0.179. The Morgan fingerprint density at radius 1 is 0.946 bits per heavy atom. The lowest BCUT2D eigenvalue weighted by molar-refractivity contribution is -0.122. The molecule has 0 radical (unpaired) electrons. The molecule has 4 amide bonds. The molecule has 7 nitrogen and oxygen atoms in total. The summed E-state index contributed by atoms with van der Waals surface area (Å²) in [6.45, 7) is 6.02. The second-order valence-electron chi connectivity index (χ2n) is 8.58. The molecule has 0 aliphatic carbocycles. The van der Waals surface area contributed by atoms with Gasteiger partial charge < -0.3 is 9.47 Å². The minimum Gasteiger partial charge on any atom is -0.493 e. The van der Waals surface area contributed by atoms with Crippen LogP contribution in [0.1, 0.15) is 27.8 Å². The molecule has 0 unspecified atom stereocenters.